The molecule has 2 rings (SSSR count). The standard InChI is InChI=1S/C13H6BrFN4O/c14-9-3-6(1-2-10(9)15)11-7(4-16)12(18)19-13(20)8(11)5-17/h1-3H,(H3,18,19,20). The fourth-order valence-corrected chi connectivity index (χ4v) is 2.16. The van der Waals surface area contributed by atoms with Gasteiger partial charge in [-0.2, -0.15) is 10.5 Å². The zero-order valence-electron chi connectivity index (χ0n) is 9.87. The molecule has 0 radical (unpaired) electrons. The number of nitrogen functional groups attached to an aromatic ring is 1. The number of nitrogens with one attached hydrogen (secondary N) is 1. The monoisotopic (exact) mass is 332 g/mol. The van der Waals surface area contributed by atoms with Crippen LogP contribution in [0.1, 0.15) is 11.1 Å². The molecule has 0 aliphatic rings. The van der Waals surface area contributed by atoms with Crippen molar-refractivity contribution < 1.29 is 4.39 Å². The van der Waals surface area contributed by atoms with Gasteiger partial charge < -0.3 is 10.7 Å². The molecule has 1 aromatic carbocycles. The maximum absolute atomic E-state index is 13.3. The number of rotatable bonds is 1. The molecular formula is C13H6BrFN4O. The Balaban J connectivity index is 2.92. The van der Waals surface area contributed by atoms with E-state index in [1.807, 2.05) is 6.07 Å². The summed E-state index contributed by atoms with van der Waals surface area (Å²) >= 11 is 3.02. The molecule has 0 aliphatic heterocycles. The van der Waals surface area contributed by atoms with Crippen LogP contribution in [0, 0.1) is 28.5 Å². The number of nitriles is 2. The van der Waals surface area contributed by atoms with E-state index in [1.165, 1.54) is 18.2 Å². The molecule has 0 saturated heterocycles. The van der Waals surface area contributed by atoms with Crippen molar-refractivity contribution in [2.24, 2.45) is 0 Å². The summed E-state index contributed by atoms with van der Waals surface area (Å²) in [6.07, 6.45) is 0. The van der Waals surface area contributed by atoms with Gasteiger partial charge in [0.25, 0.3) is 5.56 Å². The van der Waals surface area contributed by atoms with Crippen LogP contribution < -0.4 is 11.3 Å². The number of aromatic amines is 1. The number of halogens is 2. The second-order valence-corrected chi connectivity index (χ2v) is 4.70. The van der Waals surface area contributed by atoms with Crippen LogP contribution in [0.4, 0.5) is 10.2 Å². The lowest BCUT2D eigenvalue weighted by Gasteiger charge is -2.09. The van der Waals surface area contributed by atoms with E-state index in [9.17, 15) is 9.18 Å². The van der Waals surface area contributed by atoms with Crippen molar-refractivity contribution in [2.75, 3.05) is 5.73 Å². The second-order valence-electron chi connectivity index (χ2n) is 3.85. The van der Waals surface area contributed by atoms with Gasteiger partial charge in [0.1, 0.15) is 34.9 Å². The summed E-state index contributed by atoms with van der Waals surface area (Å²) in [6, 6.07) is 7.50. The van der Waals surface area contributed by atoms with Gasteiger partial charge in [0.2, 0.25) is 0 Å². The third kappa shape index (κ3) is 2.15. The third-order valence-corrected chi connectivity index (χ3v) is 3.28. The van der Waals surface area contributed by atoms with E-state index in [4.69, 9.17) is 16.3 Å². The van der Waals surface area contributed by atoms with Crippen LogP contribution in [-0.2, 0) is 0 Å². The Morgan fingerprint density at radius 2 is 1.90 bits per heavy atom. The van der Waals surface area contributed by atoms with Crippen LogP contribution in [0.2, 0.25) is 0 Å². The van der Waals surface area contributed by atoms with Crippen molar-refractivity contribution in [1.29, 1.82) is 10.5 Å². The molecule has 0 amide bonds. The molecule has 7 heteroatoms. The van der Waals surface area contributed by atoms with Crippen LogP contribution >= 0.6 is 15.9 Å². The molecule has 98 valence electrons. The van der Waals surface area contributed by atoms with Crippen molar-refractivity contribution in [3.63, 3.8) is 0 Å². The maximum Gasteiger partial charge on any atom is 0.268 e. The number of anilines is 1. The number of pyridine rings is 1. The number of hydrogen-bond donors (Lipinski definition) is 2. The summed E-state index contributed by atoms with van der Waals surface area (Å²) in [7, 11) is 0. The minimum atomic E-state index is -0.695. The van der Waals surface area contributed by atoms with E-state index < -0.39 is 11.4 Å². The third-order valence-electron chi connectivity index (χ3n) is 2.68. The van der Waals surface area contributed by atoms with E-state index >= 15 is 0 Å². The first kappa shape index (κ1) is 13.8. The first-order chi connectivity index (χ1) is 9.49. The molecule has 0 saturated carbocycles. The van der Waals surface area contributed by atoms with Gasteiger partial charge in [0.05, 0.1) is 4.47 Å². The Bertz CT molecular complexity index is 845. The van der Waals surface area contributed by atoms with E-state index in [2.05, 4.69) is 20.9 Å². The molecule has 1 heterocycles. The Kier molecular flexibility index (Phi) is 3.55. The highest BCUT2D eigenvalue weighted by molar-refractivity contribution is 9.10. The lowest BCUT2D eigenvalue weighted by atomic mass is 9.97. The van der Waals surface area contributed by atoms with Crippen LogP contribution in [0.3, 0.4) is 0 Å². The molecule has 0 bridgehead atoms. The lowest BCUT2D eigenvalue weighted by Crippen LogP contribution is -2.16. The summed E-state index contributed by atoms with van der Waals surface area (Å²) in [5, 5.41) is 18.2. The molecular weight excluding hydrogens is 327 g/mol. The predicted octanol–water partition coefficient (Wildman–Crippen LogP) is 2.27. The fourth-order valence-electron chi connectivity index (χ4n) is 1.78. The summed E-state index contributed by atoms with van der Waals surface area (Å²) < 4.78 is 13.4. The Hall–Kier alpha value is -2.64. The smallest absolute Gasteiger partial charge is 0.268 e. The van der Waals surface area contributed by atoms with Gasteiger partial charge in [-0.1, -0.05) is 6.07 Å². The lowest BCUT2D eigenvalue weighted by molar-refractivity contribution is 0.621. The first-order valence-corrected chi connectivity index (χ1v) is 6.10. The van der Waals surface area contributed by atoms with Gasteiger partial charge in [-0.3, -0.25) is 4.79 Å². The molecule has 5 nitrogen and oxygen atoms in total. The van der Waals surface area contributed by atoms with Crippen LogP contribution in [0.5, 0.6) is 0 Å². The number of aromatic nitrogens is 1. The highest BCUT2D eigenvalue weighted by atomic mass is 79.9. The van der Waals surface area contributed by atoms with Crippen molar-refractivity contribution in [3.05, 3.63) is 50.0 Å². The van der Waals surface area contributed by atoms with Crippen LogP contribution in [-0.4, -0.2) is 4.98 Å². The molecule has 0 unspecified atom stereocenters. The minimum absolute atomic E-state index is 0.0281. The summed E-state index contributed by atoms with van der Waals surface area (Å²) in [4.78, 5) is 14.0. The zero-order valence-corrected chi connectivity index (χ0v) is 11.5. The summed E-state index contributed by atoms with van der Waals surface area (Å²) in [5.74, 6) is -0.629. The number of H-pyrrole nitrogens is 1. The van der Waals surface area contributed by atoms with Crippen molar-refractivity contribution in [1.82, 2.24) is 4.98 Å². The predicted molar refractivity (Wildman–Crippen MR) is 74.0 cm³/mol. The highest BCUT2D eigenvalue weighted by Gasteiger charge is 2.18. The molecule has 3 N–H and O–H groups in total. The van der Waals surface area contributed by atoms with Gasteiger partial charge in [-0.25, -0.2) is 4.39 Å². The zero-order chi connectivity index (χ0) is 14.9. The molecule has 0 fully saturated rings. The van der Waals surface area contributed by atoms with E-state index in [0.717, 1.165) is 0 Å². The van der Waals surface area contributed by atoms with Crippen LogP contribution in [0.25, 0.3) is 11.1 Å². The fraction of sp³-hybridized carbons (Fsp3) is 0. The second kappa shape index (κ2) is 5.16. The van der Waals surface area contributed by atoms with Gasteiger partial charge in [0, 0.05) is 5.56 Å². The number of nitrogens with two attached hydrogens (primary N) is 1. The van der Waals surface area contributed by atoms with Crippen molar-refractivity contribution in [2.45, 2.75) is 0 Å². The maximum atomic E-state index is 13.3. The molecule has 1 aromatic heterocycles. The average Bonchev–Trinajstić information content (AvgIpc) is 2.41. The van der Waals surface area contributed by atoms with Gasteiger partial charge >= 0.3 is 0 Å². The van der Waals surface area contributed by atoms with Gasteiger partial charge in [-0.15, -0.1) is 0 Å². The molecule has 20 heavy (non-hydrogen) atoms. The molecule has 0 aliphatic carbocycles. The summed E-state index contributed by atoms with van der Waals surface area (Å²) in [6.45, 7) is 0. The highest BCUT2D eigenvalue weighted by Crippen LogP contribution is 2.30. The number of nitrogens with zero attached hydrogens (tertiary/aromatic N) is 2. The Morgan fingerprint density at radius 1 is 1.25 bits per heavy atom. The SMILES string of the molecule is N#Cc1c(N)[nH]c(=O)c(C#N)c1-c1ccc(F)c(Br)c1. The normalized spacial score (nSPS) is 9.80. The average molecular weight is 333 g/mol. The Morgan fingerprint density at radius 3 is 2.45 bits per heavy atom. The molecule has 2 aromatic rings. The summed E-state index contributed by atoms with van der Waals surface area (Å²) in [5.41, 5.74) is 5.07. The number of benzene rings is 1. The van der Waals surface area contributed by atoms with Gasteiger partial charge in [0.15, 0.2) is 0 Å². The van der Waals surface area contributed by atoms with Gasteiger partial charge in [-0.05, 0) is 33.6 Å². The van der Waals surface area contributed by atoms with E-state index in [-0.39, 0.29) is 27.0 Å². The minimum Gasteiger partial charge on any atom is -0.384 e. The van der Waals surface area contributed by atoms with Crippen LogP contribution in [0.15, 0.2) is 27.5 Å². The number of hydrogen-bond acceptors (Lipinski definition) is 4. The van der Waals surface area contributed by atoms with E-state index in [1.54, 1.807) is 6.07 Å². The molecule has 0 atom stereocenters. The largest absolute Gasteiger partial charge is 0.384 e. The van der Waals surface area contributed by atoms with Crippen molar-refractivity contribution in [3.8, 4) is 23.3 Å². The topological polar surface area (TPSA) is 106 Å². The first-order valence-electron chi connectivity index (χ1n) is 5.31. The Labute approximate surface area is 121 Å². The quantitative estimate of drug-likeness (QED) is 0.835. The molecule has 0 spiro atoms. The van der Waals surface area contributed by atoms with Crippen molar-refractivity contribution >= 4 is 21.7 Å². The van der Waals surface area contributed by atoms with E-state index in [0.29, 0.717) is 5.56 Å².